The van der Waals surface area contributed by atoms with Gasteiger partial charge in [-0.05, 0) is 43.7 Å². The molecule has 0 aliphatic carbocycles. The van der Waals surface area contributed by atoms with Crippen molar-refractivity contribution in [2.45, 2.75) is 20.3 Å². The summed E-state index contributed by atoms with van der Waals surface area (Å²) in [6.45, 7) is 4.43. The van der Waals surface area contributed by atoms with Gasteiger partial charge in [0.15, 0.2) is 0 Å². The van der Waals surface area contributed by atoms with Crippen LogP contribution in [-0.2, 0) is 6.42 Å². The first-order chi connectivity index (χ1) is 11.2. The van der Waals surface area contributed by atoms with Gasteiger partial charge >= 0.3 is 0 Å². The van der Waals surface area contributed by atoms with E-state index < -0.39 is 0 Å². The largest absolute Gasteiger partial charge is 0.493 e. The molecule has 23 heavy (non-hydrogen) atoms. The van der Waals surface area contributed by atoms with Gasteiger partial charge in [0.1, 0.15) is 5.75 Å². The highest BCUT2D eigenvalue weighted by molar-refractivity contribution is 9.10. The zero-order chi connectivity index (χ0) is 16.7. The summed E-state index contributed by atoms with van der Waals surface area (Å²) < 4.78 is 6.98. The van der Waals surface area contributed by atoms with Gasteiger partial charge in [0.05, 0.1) is 12.3 Å². The van der Waals surface area contributed by atoms with Crippen LogP contribution < -0.4 is 4.74 Å². The van der Waals surface area contributed by atoms with Gasteiger partial charge in [-0.1, -0.05) is 51.8 Å². The molecule has 0 fully saturated rings. The number of benzene rings is 2. The molecule has 0 aliphatic rings. The first-order valence-electron chi connectivity index (χ1n) is 7.46. The lowest BCUT2D eigenvalue weighted by molar-refractivity contribution is 0.321. The fourth-order valence-corrected chi connectivity index (χ4v) is 2.83. The fraction of sp³-hybridized carbons (Fsp3) is 0.211. The lowest BCUT2D eigenvalue weighted by Gasteiger charge is -2.13. The molecule has 0 saturated heterocycles. The molecule has 120 valence electrons. The number of halogens is 2. The third-order valence-corrected chi connectivity index (χ3v) is 4.21. The number of nitrogens with zero attached hydrogens (tertiary/aromatic N) is 1. The Morgan fingerprint density at radius 3 is 2.70 bits per heavy atom. The van der Waals surface area contributed by atoms with E-state index in [1.165, 1.54) is 0 Å². The van der Waals surface area contributed by atoms with Crippen LogP contribution in [0.1, 0.15) is 25.0 Å². The summed E-state index contributed by atoms with van der Waals surface area (Å²) >= 11 is 9.69. The Labute approximate surface area is 151 Å². The Hall–Kier alpha value is -1.58. The smallest absolute Gasteiger partial charge is 0.128 e. The topological polar surface area (TPSA) is 21.6 Å². The molecule has 0 aliphatic heterocycles. The minimum atomic E-state index is 0.561. The molecule has 0 unspecified atom stereocenters. The molecule has 0 radical (unpaired) electrons. The third-order valence-electron chi connectivity index (χ3n) is 3.35. The van der Waals surface area contributed by atoms with Crippen LogP contribution in [0.2, 0.25) is 5.02 Å². The standard InChI is InChI=1S/C19H19BrClNO/c1-3-18(22-4-2)16-13-15(20)9-10-19(16)23-12-11-14-7-5-6-8-17(14)21/h3-10,13H,11-12H2,1-2H3. The van der Waals surface area contributed by atoms with Crippen molar-refractivity contribution in [2.75, 3.05) is 6.61 Å². The quantitative estimate of drug-likeness (QED) is 0.538. The monoisotopic (exact) mass is 391 g/mol. The van der Waals surface area contributed by atoms with Gasteiger partial charge in [-0.25, -0.2) is 0 Å². The number of hydrogen-bond donors (Lipinski definition) is 0. The number of ether oxygens (including phenoxy) is 1. The van der Waals surface area contributed by atoms with E-state index in [1.54, 1.807) is 6.21 Å². The Morgan fingerprint density at radius 1 is 1.22 bits per heavy atom. The SMILES string of the molecule is CC=NC(=CC)c1cc(Br)ccc1OCCc1ccccc1Cl. The van der Waals surface area contributed by atoms with Crippen molar-refractivity contribution >= 4 is 39.4 Å². The van der Waals surface area contributed by atoms with E-state index in [0.29, 0.717) is 6.61 Å². The van der Waals surface area contributed by atoms with Crippen LogP contribution >= 0.6 is 27.5 Å². The van der Waals surface area contributed by atoms with E-state index in [-0.39, 0.29) is 0 Å². The van der Waals surface area contributed by atoms with Crippen molar-refractivity contribution in [3.05, 3.63) is 69.2 Å². The lowest BCUT2D eigenvalue weighted by atomic mass is 10.1. The van der Waals surface area contributed by atoms with Crippen LogP contribution in [0, 0.1) is 0 Å². The maximum Gasteiger partial charge on any atom is 0.128 e. The fourth-order valence-electron chi connectivity index (χ4n) is 2.24. The average molecular weight is 393 g/mol. The van der Waals surface area contributed by atoms with E-state index in [4.69, 9.17) is 16.3 Å². The first kappa shape index (κ1) is 17.8. The van der Waals surface area contributed by atoms with E-state index >= 15 is 0 Å². The normalized spacial score (nSPS) is 11.9. The van der Waals surface area contributed by atoms with Crippen molar-refractivity contribution in [3.63, 3.8) is 0 Å². The van der Waals surface area contributed by atoms with Crippen molar-refractivity contribution in [1.82, 2.24) is 0 Å². The molecule has 0 saturated carbocycles. The Kier molecular flexibility index (Phi) is 6.87. The first-order valence-corrected chi connectivity index (χ1v) is 8.64. The predicted octanol–water partition coefficient (Wildman–Crippen LogP) is 6.18. The van der Waals surface area contributed by atoms with Crippen molar-refractivity contribution in [2.24, 2.45) is 4.99 Å². The van der Waals surface area contributed by atoms with Crippen LogP contribution in [0.5, 0.6) is 5.75 Å². The molecular formula is C19H19BrClNO. The van der Waals surface area contributed by atoms with E-state index in [2.05, 4.69) is 20.9 Å². The molecule has 2 aromatic rings. The van der Waals surface area contributed by atoms with Crippen LogP contribution in [-0.4, -0.2) is 12.8 Å². The second-order valence-electron chi connectivity index (χ2n) is 4.89. The Bertz CT molecular complexity index is 725. The van der Waals surface area contributed by atoms with Crippen molar-refractivity contribution < 1.29 is 4.74 Å². The van der Waals surface area contributed by atoms with Gasteiger partial charge in [0.25, 0.3) is 0 Å². The molecule has 0 heterocycles. The van der Waals surface area contributed by atoms with Gasteiger partial charge in [-0.3, -0.25) is 4.99 Å². The van der Waals surface area contributed by atoms with E-state index in [0.717, 1.165) is 38.5 Å². The van der Waals surface area contributed by atoms with Crippen molar-refractivity contribution in [3.8, 4) is 5.75 Å². The summed E-state index contributed by atoms with van der Waals surface area (Å²) in [5.41, 5.74) is 2.95. The number of rotatable bonds is 6. The summed E-state index contributed by atoms with van der Waals surface area (Å²) in [5, 5.41) is 0.775. The van der Waals surface area contributed by atoms with E-state index in [1.807, 2.05) is 62.4 Å². The molecule has 4 heteroatoms. The second-order valence-corrected chi connectivity index (χ2v) is 6.21. The zero-order valence-corrected chi connectivity index (χ0v) is 15.6. The molecule has 0 amide bonds. The third kappa shape index (κ3) is 4.95. The number of aliphatic imine (C=N–C) groups is 1. The summed E-state index contributed by atoms with van der Waals surface area (Å²) in [7, 11) is 0. The Morgan fingerprint density at radius 2 is 2.00 bits per heavy atom. The van der Waals surface area contributed by atoms with Crippen molar-refractivity contribution in [1.29, 1.82) is 0 Å². The summed E-state index contributed by atoms with van der Waals surface area (Å²) in [5.74, 6) is 0.818. The van der Waals surface area contributed by atoms with Crippen LogP contribution in [0.4, 0.5) is 0 Å². The molecule has 0 bridgehead atoms. The predicted molar refractivity (Wildman–Crippen MR) is 103 cm³/mol. The molecule has 0 N–H and O–H groups in total. The highest BCUT2D eigenvalue weighted by Crippen LogP contribution is 2.30. The van der Waals surface area contributed by atoms with Crippen LogP contribution in [0.3, 0.4) is 0 Å². The minimum absolute atomic E-state index is 0.561. The average Bonchev–Trinajstić information content (AvgIpc) is 2.55. The van der Waals surface area contributed by atoms with Crippen LogP contribution in [0.15, 0.2) is 58.0 Å². The lowest BCUT2D eigenvalue weighted by Crippen LogP contribution is -2.03. The molecule has 0 atom stereocenters. The molecule has 0 spiro atoms. The van der Waals surface area contributed by atoms with Gasteiger partial charge in [-0.2, -0.15) is 0 Å². The minimum Gasteiger partial charge on any atom is -0.493 e. The number of hydrogen-bond acceptors (Lipinski definition) is 2. The molecule has 2 aromatic carbocycles. The molecule has 0 aromatic heterocycles. The maximum atomic E-state index is 6.18. The van der Waals surface area contributed by atoms with E-state index in [9.17, 15) is 0 Å². The van der Waals surface area contributed by atoms with Gasteiger partial charge in [0, 0.05) is 27.7 Å². The summed E-state index contributed by atoms with van der Waals surface area (Å²) in [6.07, 6.45) is 4.52. The van der Waals surface area contributed by atoms with Gasteiger partial charge < -0.3 is 4.74 Å². The number of allylic oxidation sites excluding steroid dienone is 1. The maximum absolute atomic E-state index is 6.18. The molecule has 2 nitrogen and oxygen atoms in total. The second kappa shape index (κ2) is 8.90. The summed E-state index contributed by atoms with van der Waals surface area (Å²) in [6, 6.07) is 13.8. The Balaban J connectivity index is 2.15. The highest BCUT2D eigenvalue weighted by Gasteiger charge is 2.09. The van der Waals surface area contributed by atoms with Gasteiger partial charge in [-0.15, -0.1) is 0 Å². The summed E-state index contributed by atoms with van der Waals surface area (Å²) in [4.78, 5) is 4.41. The highest BCUT2D eigenvalue weighted by atomic mass is 79.9. The van der Waals surface area contributed by atoms with Gasteiger partial charge in [0.2, 0.25) is 0 Å². The molecule has 2 rings (SSSR count). The zero-order valence-electron chi connectivity index (χ0n) is 13.2. The molecular weight excluding hydrogens is 374 g/mol. The van der Waals surface area contributed by atoms with Crippen LogP contribution in [0.25, 0.3) is 5.70 Å².